The van der Waals surface area contributed by atoms with Gasteiger partial charge in [-0.25, -0.2) is 0 Å². The van der Waals surface area contributed by atoms with Gasteiger partial charge in [0.1, 0.15) is 0 Å². The van der Waals surface area contributed by atoms with Crippen LogP contribution in [0.4, 0.5) is 0 Å². The van der Waals surface area contributed by atoms with Gasteiger partial charge in [0.15, 0.2) is 0 Å². The minimum Gasteiger partial charge on any atom is -0.370 e. The Morgan fingerprint density at radius 3 is 2.87 bits per heavy atom. The molecule has 1 atom stereocenters. The molecular weight excluding hydrogens is 190 g/mol. The number of likely N-dealkylation sites (N-methyl/N-ethyl adjacent to an activating group) is 1. The Morgan fingerprint density at radius 2 is 2.33 bits per heavy atom. The molecule has 1 heterocycles. The van der Waals surface area contributed by atoms with Crippen LogP contribution in [-0.2, 0) is 4.79 Å². The molecule has 0 radical (unpaired) electrons. The van der Waals surface area contributed by atoms with Crippen LogP contribution >= 0.6 is 0 Å². The molecule has 1 aliphatic heterocycles. The highest BCUT2D eigenvalue weighted by atomic mass is 16.1. The molecule has 0 aliphatic carbocycles. The fourth-order valence-corrected chi connectivity index (χ4v) is 2.04. The highest BCUT2D eigenvalue weighted by molar-refractivity contribution is 5.73. The lowest BCUT2D eigenvalue weighted by atomic mass is 10.0. The summed E-state index contributed by atoms with van der Waals surface area (Å²) in [5.74, 6) is -0.204. The van der Waals surface area contributed by atoms with E-state index < -0.39 is 0 Å². The van der Waals surface area contributed by atoms with E-state index in [1.54, 1.807) is 0 Å². The number of hydrogen-bond donors (Lipinski definition) is 2. The molecule has 0 aromatic carbocycles. The first-order valence-electron chi connectivity index (χ1n) is 5.96. The Morgan fingerprint density at radius 1 is 1.53 bits per heavy atom. The van der Waals surface area contributed by atoms with Crippen molar-refractivity contribution in [1.29, 1.82) is 0 Å². The number of primary amides is 1. The number of hydrogen-bond acceptors (Lipinski definition) is 3. The molecule has 0 bridgehead atoms. The van der Waals surface area contributed by atoms with Crippen molar-refractivity contribution >= 4 is 5.91 Å². The summed E-state index contributed by atoms with van der Waals surface area (Å²) < 4.78 is 0. The van der Waals surface area contributed by atoms with Gasteiger partial charge in [0.25, 0.3) is 0 Å². The van der Waals surface area contributed by atoms with Gasteiger partial charge in [-0.15, -0.1) is 0 Å². The number of nitrogens with two attached hydrogens (primary N) is 1. The molecule has 0 saturated carbocycles. The van der Waals surface area contributed by atoms with E-state index >= 15 is 0 Å². The third-order valence-corrected chi connectivity index (χ3v) is 3.01. The standard InChI is InChI=1S/C11H23N3O/c1-2-14(8-6-11(12)15)9-10-5-3-4-7-13-10/h10,13H,2-9H2,1H3,(H2,12,15). The van der Waals surface area contributed by atoms with Crippen LogP contribution in [-0.4, -0.2) is 43.0 Å². The van der Waals surface area contributed by atoms with Gasteiger partial charge >= 0.3 is 0 Å². The molecule has 0 aromatic rings. The third-order valence-electron chi connectivity index (χ3n) is 3.01. The summed E-state index contributed by atoms with van der Waals surface area (Å²) in [5, 5.41) is 3.51. The summed E-state index contributed by atoms with van der Waals surface area (Å²) in [6.45, 7) is 6.10. The molecule has 1 fully saturated rings. The Labute approximate surface area is 92.2 Å². The Balaban J connectivity index is 2.22. The van der Waals surface area contributed by atoms with Gasteiger partial charge in [0.2, 0.25) is 5.91 Å². The van der Waals surface area contributed by atoms with Gasteiger partial charge in [-0.3, -0.25) is 4.79 Å². The smallest absolute Gasteiger partial charge is 0.218 e. The first-order valence-corrected chi connectivity index (χ1v) is 5.96. The lowest BCUT2D eigenvalue weighted by molar-refractivity contribution is -0.118. The maximum absolute atomic E-state index is 10.7. The van der Waals surface area contributed by atoms with Gasteiger partial charge in [-0.2, -0.15) is 0 Å². The molecule has 3 N–H and O–H groups in total. The molecule has 1 unspecified atom stereocenters. The topological polar surface area (TPSA) is 58.4 Å². The van der Waals surface area contributed by atoms with Crippen molar-refractivity contribution in [2.24, 2.45) is 5.73 Å². The summed E-state index contributed by atoms with van der Waals surface area (Å²) in [6, 6.07) is 0.603. The van der Waals surface area contributed by atoms with Crippen LogP contribution in [0.25, 0.3) is 0 Å². The molecule has 15 heavy (non-hydrogen) atoms. The number of nitrogens with one attached hydrogen (secondary N) is 1. The molecule has 1 saturated heterocycles. The van der Waals surface area contributed by atoms with Gasteiger partial charge in [-0.1, -0.05) is 13.3 Å². The van der Waals surface area contributed by atoms with Gasteiger partial charge in [0, 0.05) is 25.6 Å². The van der Waals surface area contributed by atoms with Crippen molar-refractivity contribution in [3.8, 4) is 0 Å². The lowest BCUT2D eigenvalue weighted by Crippen LogP contribution is -2.44. The molecule has 0 aromatic heterocycles. The zero-order valence-corrected chi connectivity index (χ0v) is 9.67. The minimum atomic E-state index is -0.204. The molecule has 4 heteroatoms. The second kappa shape index (κ2) is 6.80. The average Bonchev–Trinajstić information content (AvgIpc) is 2.25. The molecule has 1 amide bonds. The van der Waals surface area contributed by atoms with Crippen LogP contribution in [0.15, 0.2) is 0 Å². The fraction of sp³-hybridized carbons (Fsp3) is 0.909. The zero-order valence-electron chi connectivity index (χ0n) is 9.67. The minimum absolute atomic E-state index is 0.204. The normalized spacial score (nSPS) is 21.9. The number of piperidine rings is 1. The summed E-state index contributed by atoms with van der Waals surface area (Å²) in [7, 11) is 0. The van der Waals surface area contributed by atoms with E-state index in [4.69, 9.17) is 5.73 Å². The van der Waals surface area contributed by atoms with Crippen molar-refractivity contribution in [1.82, 2.24) is 10.2 Å². The summed E-state index contributed by atoms with van der Waals surface area (Å²) in [5.41, 5.74) is 5.15. The molecule has 0 spiro atoms. The fourth-order valence-electron chi connectivity index (χ4n) is 2.04. The van der Waals surface area contributed by atoms with Gasteiger partial charge in [-0.05, 0) is 25.9 Å². The predicted molar refractivity (Wildman–Crippen MR) is 61.6 cm³/mol. The second-order valence-electron chi connectivity index (χ2n) is 4.26. The molecule has 4 nitrogen and oxygen atoms in total. The molecule has 88 valence electrons. The van der Waals surface area contributed by atoms with Crippen molar-refractivity contribution in [2.75, 3.05) is 26.2 Å². The first-order chi connectivity index (χ1) is 7.22. The van der Waals surface area contributed by atoms with Crippen LogP contribution in [0.2, 0.25) is 0 Å². The van der Waals surface area contributed by atoms with E-state index in [-0.39, 0.29) is 5.91 Å². The maximum Gasteiger partial charge on any atom is 0.218 e. The lowest BCUT2D eigenvalue weighted by Gasteiger charge is -2.29. The van der Waals surface area contributed by atoms with Crippen molar-refractivity contribution in [3.63, 3.8) is 0 Å². The van der Waals surface area contributed by atoms with E-state index in [0.29, 0.717) is 12.5 Å². The van der Waals surface area contributed by atoms with E-state index in [9.17, 15) is 4.79 Å². The number of carbonyl (C=O) groups is 1. The van der Waals surface area contributed by atoms with E-state index in [1.165, 1.54) is 19.3 Å². The highest BCUT2D eigenvalue weighted by Crippen LogP contribution is 2.08. The van der Waals surface area contributed by atoms with Crippen molar-refractivity contribution < 1.29 is 4.79 Å². The monoisotopic (exact) mass is 213 g/mol. The summed E-state index contributed by atoms with van der Waals surface area (Å²) in [4.78, 5) is 13.0. The van der Waals surface area contributed by atoms with Crippen LogP contribution < -0.4 is 11.1 Å². The first kappa shape index (κ1) is 12.5. The van der Waals surface area contributed by atoms with Crippen LogP contribution in [0, 0.1) is 0 Å². The van der Waals surface area contributed by atoms with Crippen molar-refractivity contribution in [2.45, 2.75) is 38.6 Å². The predicted octanol–water partition coefficient (Wildman–Crippen LogP) is 0.326. The Kier molecular flexibility index (Phi) is 5.65. The highest BCUT2D eigenvalue weighted by Gasteiger charge is 2.15. The molecule has 1 aliphatic rings. The number of nitrogens with zero attached hydrogens (tertiary/aromatic N) is 1. The second-order valence-corrected chi connectivity index (χ2v) is 4.26. The maximum atomic E-state index is 10.7. The van der Waals surface area contributed by atoms with E-state index in [0.717, 1.165) is 26.2 Å². The van der Waals surface area contributed by atoms with E-state index in [2.05, 4.69) is 17.1 Å². The van der Waals surface area contributed by atoms with Gasteiger partial charge in [0.05, 0.1) is 0 Å². The zero-order chi connectivity index (χ0) is 11.1. The quantitative estimate of drug-likeness (QED) is 0.668. The number of rotatable bonds is 6. The Bertz CT molecular complexity index is 190. The number of carbonyl (C=O) groups excluding carboxylic acids is 1. The summed E-state index contributed by atoms with van der Waals surface area (Å²) in [6.07, 6.45) is 4.35. The molecule has 1 rings (SSSR count). The van der Waals surface area contributed by atoms with Crippen LogP contribution in [0.1, 0.15) is 32.6 Å². The van der Waals surface area contributed by atoms with Crippen molar-refractivity contribution in [3.05, 3.63) is 0 Å². The molecular formula is C11H23N3O. The van der Waals surface area contributed by atoms with Crippen LogP contribution in [0.5, 0.6) is 0 Å². The van der Waals surface area contributed by atoms with Crippen LogP contribution in [0.3, 0.4) is 0 Å². The van der Waals surface area contributed by atoms with E-state index in [1.807, 2.05) is 0 Å². The average molecular weight is 213 g/mol. The largest absolute Gasteiger partial charge is 0.370 e. The third kappa shape index (κ3) is 5.14. The summed E-state index contributed by atoms with van der Waals surface area (Å²) >= 11 is 0. The SMILES string of the molecule is CCN(CCC(N)=O)CC1CCCCN1. The Hall–Kier alpha value is -0.610. The number of amides is 1. The van der Waals surface area contributed by atoms with Gasteiger partial charge < -0.3 is 16.0 Å².